The molecule has 0 bridgehead atoms. The Bertz CT molecular complexity index is 619. The van der Waals surface area contributed by atoms with Crippen molar-refractivity contribution in [2.75, 3.05) is 35.4 Å². The lowest BCUT2D eigenvalue weighted by molar-refractivity contribution is -0.884. The van der Waals surface area contributed by atoms with Gasteiger partial charge in [-0.05, 0) is 17.7 Å². The normalized spacial score (nSPS) is 10.8. The number of rotatable bonds is 6. The van der Waals surface area contributed by atoms with Crippen LogP contribution in [0.25, 0.3) is 0 Å². The van der Waals surface area contributed by atoms with Crippen LogP contribution >= 0.6 is 0 Å². The lowest BCUT2D eigenvalue weighted by atomic mass is 10.0. The molecule has 0 aliphatic rings. The first kappa shape index (κ1) is 19.0. The summed E-state index contributed by atoms with van der Waals surface area (Å²) in [6, 6.07) is 14.6. The van der Waals surface area contributed by atoms with Crippen LogP contribution < -0.4 is 9.47 Å². The number of nitrogens with zero attached hydrogens (tertiary/aromatic N) is 1. The third kappa shape index (κ3) is 5.27. The standard InChI is InChI=1S/C19H26NO2.H2O/c1-20(2,3)14-17-13-18(21-4)16(12-19(17)22-5)11-15-9-7-6-8-10-15;/h6-10,12-13H,11,14H2,1-5H3;1H2/q+1;/p-1. The van der Waals surface area contributed by atoms with Gasteiger partial charge in [0, 0.05) is 12.0 Å². The van der Waals surface area contributed by atoms with Gasteiger partial charge in [-0.3, -0.25) is 0 Å². The average Bonchev–Trinajstić information content (AvgIpc) is 2.48. The van der Waals surface area contributed by atoms with Gasteiger partial charge in [-0.15, -0.1) is 0 Å². The molecule has 0 aliphatic carbocycles. The molecule has 0 heterocycles. The Morgan fingerprint density at radius 2 is 1.35 bits per heavy atom. The molecule has 0 spiro atoms. The van der Waals surface area contributed by atoms with Crippen molar-refractivity contribution in [2.24, 2.45) is 0 Å². The molecule has 0 radical (unpaired) electrons. The van der Waals surface area contributed by atoms with Crippen LogP contribution in [0.2, 0.25) is 0 Å². The second-order valence-corrected chi connectivity index (χ2v) is 6.59. The van der Waals surface area contributed by atoms with E-state index in [-0.39, 0.29) is 5.48 Å². The van der Waals surface area contributed by atoms with Crippen molar-refractivity contribution in [3.8, 4) is 11.5 Å². The summed E-state index contributed by atoms with van der Waals surface area (Å²) in [6.45, 7) is 0.894. The fourth-order valence-electron chi connectivity index (χ4n) is 2.61. The molecule has 0 atom stereocenters. The van der Waals surface area contributed by atoms with Gasteiger partial charge in [0.25, 0.3) is 0 Å². The zero-order valence-corrected chi connectivity index (χ0v) is 14.7. The molecular formula is C19H27NO3. The summed E-state index contributed by atoms with van der Waals surface area (Å²) in [5.41, 5.74) is 3.58. The van der Waals surface area contributed by atoms with Crippen molar-refractivity contribution in [1.82, 2.24) is 0 Å². The molecule has 0 aromatic heterocycles. The fourth-order valence-corrected chi connectivity index (χ4v) is 2.61. The van der Waals surface area contributed by atoms with Gasteiger partial charge in [-0.2, -0.15) is 0 Å². The maximum Gasteiger partial charge on any atom is 0.128 e. The summed E-state index contributed by atoms with van der Waals surface area (Å²) in [4.78, 5) is 0. The third-order valence-electron chi connectivity index (χ3n) is 3.57. The number of hydrogen-bond donors (Lipinski definition) is 0. The Balaban J connectivity index is 0.00000264. The summed E-state index contributed by atoms with van der Waals surface area (Å²) in [6.07, 6.45) is 0.838. The van der Waals surface area contributed by atoms with Crippen LogP contribution in [0.3, 0.4) is 0 Å². The van der Waals surface area contributed by atoms with Crippen molar-refractivity contribution in [2.45, 2.75) is 13.0 Å². The van der Waals surface area contributed by atoms with Crippen molar-refractivity contribution in [1.29, 1.82) is 0 Å². The number of benzene rings is 2. The van der Waals surface area contributed by atoms with Crippen molar-refractivity contribution >= 4 is 0 Å². The van der Waals surface area contributed by atoms with Crippen LogP contribution in [0.15, 0.2) is 42.5 Å². The molecule has 4 nitrogen and oxygen atoms in total. The Hall–Kier alpha value is -2.04. The largest absolute Gasteiger partial charge is 0.870 e. The van der Waals surface area contributed by atoms with Gasteiger partial charge in [-0.1, -0.05) is 30.3 Å². The maximum atomic E-state index is 5.61. The summed E-state index contributed by atoms with van der Waals surface area (Å²) in [7, 11) is 9.97. The van der Waals surface area contributed by atoms with Gasteiger partial charge in [0.05, 0.1) is 40.9 Å². The number of methoxy groups -OCH3 is 2. The van der Waals surface area contributed by atoms with E-state index in [2.05, 4.69) is 57.5 Å². The van der Waals surface area contributed by atoms with Gasteiger partial charge in [0.2, 0.25) is 0 Å². The molecule has 2 rings (SSSR count). The topological polar surface area (TPSA) is 48.5 Å². The predicted molar refractivity (Wildman–Crippen MR) is 92.5 cm³/mol. The molecule has 0 aliphatic heterocycles. The smallest absolute Gasteiger partial charge is 0.128 e. The van der Waals surface area contributed by atoms with Gasteiger partial charge >= 0.3 is 0 Å². The second kappa shape index (κ2) is 7.99. The highest BCUT2D eigenvalue weighted by Gasteiger charge is 2.17. The molecule has 0 unspecified atom stereocenters. The van der Waals surface area contributed by atoms with Gasteiger partial charge in [0.1, 0.15) is 18.0 Å². The molecule has 126 valence electrons. The zero-order chi connectivity index (χ0) is 16.2. The summed E-state index contributed by atoms with van der Waals surface area (Å²) < 4.78 is 12.1. The van der Waals surface area contributed by atoms with Gasteiger partial charge in [0.15, 0.2) is 0 Å². The first-order valence-electron chi connectivity index (χ1n) is 7.51. The average molecular weight is 317 g/mol. The van der Waals surface area contributed by atoms with E-state index in [1.54, 1.807) is 14.2 Å². The van der Waals surface area contributed by atoms with E-state index in [0.717, 1.165) is 34.5 Å². The molecule has 2 aromatic carbocycles. The zero-order valence-electron chi connectivity index (χ0n) is 14.7. The van der Waals surface area contributed by atoms with E-state index < -0.39 is 0 Å². The summed E-state index contributed by atoms with van der Waals surface area (Å²) >= 11 is 0. The molecule has 2 aromatic rings. The lowest BCUT2D eigenvalue weighted by Gasteiger charge is -2.25. The lowest BCUT2D eigenvalue weighted by Crippen LogP contribution is -2.33. The van der Waals surface area contributed by atoms with Crippen LogP contribution in [0, 0.1) is 0 Å². The monoisotopic (exact) mass is 317 g/mol. The first-order chi connectivity index (χ1) is 10.4. The highest BCUT2D eigenvalue weighted by atomic mass is 16.5. The third-order valence-corrected chi connectivity index (χ3v) is 3.57. The van der Waals surface area contributed by atoms with Crippen LogP contribution in [0.1, 0.15) is 16.7 Å². The predicted octanol–water partition coefficient (Wildman–Crippen LogP) is 3.32. The van der Waals surface area contributed by atoms with E-state index in [1.807, 2.05) is 6.07 Å². The van der Waals surface area contributed by atoms with E-state index in [9.17, 15) is 0 Å². The highest BCUT2D eigenvalue weighted by Crippen LogP contribution is 2.31. The molecule has 0 saturated heterocycles. The van der Waals surface area contributed by atoms with Crippen LogP contribution in [0.5, 0.6) is 11.5 Å². The Morgan fingerprint density at radius 3 is 1.87 bits per heavy atom. The van der Waals surface area contributed by atoms with E-state index >= 15 is 0 Å². The minimum absolute atomic E-state index is 0. The number of quaternary nitrogens is 1. The summed E-state index contributed by atoms with van der Waals surface area (Å²) in [5, 5.41) is 0. The van der Waals surface area contributed by atoms with E-state index in [1.165, 1.54) is 11.1 Å². The van der Waals surface area contributed by atoms with E-state index in [0.29, 0.717) is 0 Å². The molecule has 0 saturated carbocycles. The van der Waals surface area contributed by atoms with Crippen LogP contribution in [0.4, 0.5) is 0 Å². The second-order valence-electron chi connectivity index (χ2n) is 6.59. The molecular weight excluding hydrogens is 290 g/mol. The van der Waals surface area contributed by atoms with E-state index in [4.69, 9.17) is 9.47 Å². The Labute approximate surface area is 139 Å². The van der Waals surface area contributed by atoms with Gasteiger partial charge in [-0.25, -0.2) is 0 Å². The van der Waals surface area contributed by atoms with Crippen molar-refractivity contribution in [3.63, 3.8) is 0 Å². The molecule has 1 N–H and O–H groups in total. The minimum atomic E-state index is 0. The first-order valence-corrected chi connectivity index (χ1v) is 7.51. The van der Waals surface area contributed by atoms with Crippen LogP contribution in [-0.2, 0) is 13.0 Å². The quantitative estimate of drug-likeness (QED) is 0.768. The number of ether oxygens (including phenoxy) is 2. The number of hydrogen-bond acceptors (Lipinski definition) is 3. The highest BCUT2D eigenvalue weighted by molar-refractivity contribution is 5.48. The van der Waals surface area contributed by atoms with Crippen molar-refractivity contribution in [3.05, 3.63) is 59.2 Å². The summed E-state index contributed by atoms with van der Waals surface area (Å²) in [5.74, 6) is 1.85. The fraction of sp³-hybridized carbons (Fsp3) is 0.368. The Kier molecular flexibility index (Phi) is 6.61. The maximum absolute atomic E-state index is 5.61. The minimum Gasteiger partial charge on any atom is -0.870 e. The molecule has 23 heavy (non-hydrogen) atoms. The van der Waals surface area contributed by atoms with Gasteiger partial charge < -0.3 is 19.4 Å². The SMILES string of the molecule is COc1cc(C[N+](C)(C)C)c(OC)cc1Cc1ccccc1.[OH-]. The Morgan fingerprint density at radius 1 is 0.826 bits per heavy atom. The molecule has 4 heteroatoms. The van der Waals surface area contributed by atoms with Crippen LogP contribution in [-0.4, -0.2) is 45.3 Å². The molecule has 0 amide bonds. The molecule has 0 fully saturated rings. The van der Waals surface area contributed by atoms with Crippen molar-refractivity contribution < 1.29 is 19.4 Å².